The van der Waals surface area contributed by atoms with Crippen molar-refractivity contribution in [2.45, 2.75) is 51.7 Å². The van der Waals surface area contributed by atoms with Crippen molar-refractivity contribution >= 4 is 18.3 Å². The van der Waals surface area contributed by atoms with Gasteiger partial charge in [-0.1, -0.05) is 26.0 Å². The number of carbonyl (C=O) groups is 1. The SMILES string of the molecule is CC(C)CCOc1ccc(CCNC(=O)[C@H]2C[C@@H](N)[C@H](O)C2)cc1.Cl. The maximum atomic E-state index is 12.1. The van der Waals surface area contributed by atoms with E-state index < -0.39 is 6.10 Å². The van der Waals surface area contributed by atoms with Gasteiger partial charge in [-0.3, -0.25) is 4.79 Å². The summed E-state index contributed by atoms with van der Waals surface area (Å²) < 4.78 is 5.70. The predicted molar refractivity (Wildman–Crippen MR) is 102 cm³/mol. The summed E-state index contributed by atoms with van der Waals surface area (Å²) in [5.41, 5.74) is 6.91. The number of carbonyl (C=O) groups excluding carboxylic acids is 1. The number of hydrogen-bond donors (Lipinski definition) is 3. The van der Waals surface area contributed by atoms with Gasteiger partial charge in [0.1, 0.15) is 5.75 Å². The molecule has 4 N–H and O–H groups in total. The molecule has 0 radical (unpaired) electrons. The van der Waals surface area contributed by atoms with Crippen LogP contribution >= 0.6 is 12.4 Å². The van der Waals surface area contributed by atoms with Crippen LogP contribution in [0.2, 0.25) is 0 Å². The summed E-state index contributed by atoms with van der Waals surface area (Å²) in [6, 6.07) is 7.75. The Hall–Kier alpha value is -1.30. The number of rotatable bonds is 8. The van der Waals surface area contributed by atoms with Gasteiger partial charge in [-0.05, 0) is 49.3 Å². The second-order valence-electron chi connectivity index (χ2n) is 7.12. The molecular weight excluding hydrogens is 340 g/mol. The van der Waals surface area contributed by atoms with Gasteiger partial charge in [0.15, 0.2) is 0 Å². The Morgan fingerprint density at radius 3 is 2.56 bits per heavy atom. The van der Waals surface area contributed by atoms with Gasteiger partial charge < -0.3 is 20.9 Å². The summed E-state index contributed by atoms with van der Waals surface area (Å²) in [6.07, 6.45) is 2.31. The molecule has 1 aliphatic carbocycles. The monoisotopic (exact) mass is 370 g/mol. The number of hydrogen-bond acceptors (Lipinski definition) is 4. The number of benzene rings is 1. The molecule has 142 valence electrons. The number of ether oxygens (including phenoxy) is 1. The van der Waals surface area contributed by atoms with Crippen LogP contribution in [0.4, 0.5) is 0 Å². The lowest BCUT2D eigenvalue weighted by Crippen LogP contribution is -2.32. The molecule has 25 heavy (non-hydrogen) atoms. The van der Waals surface area contributed by atoms with Gasteiger partial charge in [0, 0.05) is 18.5 Å². The normalized spacial score (nSPS) is 22.5. The van der Waals surface area contributed by atoms with Crippen LogP contribution in [-0.4, -0.2) is 36.3 Å². The number of aliphatic hydroxyl groups is 1. The van der Waals surface area contributed by atoms with Gasteiger partial charge in [0.25, 0.3) is 0 Å². The summed E-state index contributed by atoms with van der Waals surface area (Å²) in [5, 5.41) is 12.6. The first-order valence-corrected chi connectivity index (χ1v) is 8.88. The number of amides is 1. The number of aliphatic hydroxyl groups excluding tert-OH is 1. The molecular formula is C19H31ClN2O3. The van der Waals surface area contributed by atoms with E-state index in [9.17, 15) is 9.90 Å². The molecule has 0 aromatic heterocycles. The van der Waals surface area contributed by atoms with Crippen LogP contribution in [0.15, 0.2) is 24.3 Å². The minimum absolute atomic E-state index is 0. The van der Waals surface area contributed by atoms with Crippen molar-refractivity contribution in [3.05, 3.63) is 29.8 Å². The molecule has 1 aromatic carbocycles. The van der Waals surface area contributed by atoms with Crippen molar-refractivity contribution in [2.75, 3.05) is 13.2 Å². The lowest BCUT2D eigenvalue weighted by molar-refractivity contribution is -0.125. The molecule has 0 heterocycles. The van der Waals surface area contributed by atoms with Crippen LogP contribution in [-0.2, 0) is 11.2 Å². The fourth-order valence-corrected chi connectivity index (χ4v) is 2.90. The van der Waals surface area contributed by atoms with Crippen molar-refractivity contribution in [3.63, 3.8) is 0 Å². The molecule has 1 fully saturated rings. The average Bonchev–Trinajstić information content (AvgIpc) is 2.88. The van der Waals surface area contributed by atoms with E-state index in [1.807, 2.05) is 24.3 Å². The zero-order valence-corrected chi connectivity index (χ0v) is 15.9. The third kappa shape index (κ3) is 7.22. The van der Waals surface area contributed by atoms with Crippen molar-refractivity contribution in [3.8, 4) is 5.75 Å². The van der Waals surface area contributed by atoms with Gasteiger partial charge in [-0.2, -0.15) is 0 Å². The van der Waals surface area contributed by atoms with Gasteiger partial charge in [0.2, 0.25) is 5.91 Å². The van der Waals surface area contributed by atoms with E-state index >= 15 is 0 Å². The largest absolute Gasteiger partial charge is 0.494 e. The Bertz CT molecular complexity index is 512. The molecule has 1 aliphatic rings. The first-order valence-electron chi connectivity index (χ1n) is 8.88. The smallest absolute Gasteiger partial charge is 0.223 e. The van der Waals surface area contributed by atoms with E-state index in [4.69, 9.17) is 10.5 Å². The molecule has 2 rings (SSSR count). The van der Waals surface area contributed by atoms with E-state index in [2.05, 4.69) is 19.2 Å². The highest BCUT2D eigenvalue weighted by atomic mass is 35.5. The minimum Gasteiger partial charge on any atom is -0.494 e. The quantitative estimate of drug-likeness (QED) is 0.655. The Morgan fingerprint density at radius 2 is 2.00 bits per heavy atom. The molecule has 3 atom stereocenters. The molecule has 0 unspecified atom stereocenters. The van der Waals surface area contributed by atoms with Crippen LogP contribution < -0.4 is 15.8 Å². The number of halogens is 1. The van der Waals surface area contributed by atoms with E-state index in [1.54, 1.807) is 0 Å². The van der Waals surface area contributed by atoms with Crippen molar-refractivity contribution in [1.29, 1.82) is 0 Å². The molecule has 0 bridgehead atoms. The van der Waals surface area contributed by atoms with E-state index in [1.165, 1.54) is 0 Å². The minimum atomic E-state index is -0.552. The summed E-state index contributed by atoms with van der Waals surface area (Å²) in [6.45, 7) is 5.69. The highest BCUT2D eigenvalue weighted by Crippen LogP contribution is 2.24. The Balaban J connectivity index is 0.00000312. The predicted octanol–water partition coefficient (Wildman–Crippen LogP) is 2.29. The van der Waals surface area contributed by atoms with Crippen molar-refractivity contribution < 1.29 is 14.6 Å². The van der Waals surface area contributed by atoms with Gasteiger partial charge >= 0.3 is 0 Å². The zero-order valence-electron chi connectivity index (χ0n) is 15.1. The zero-order chi connectivity index (χ0) is 17.5. The van der Waals surface area contributed by atoms with Gasteiger partial charge in [-0.15, -0.1) is 12.4 Å². The van der Waals surface area contributed by atoms with Crippen LogP contribution in [0.1, 0.15) is 38.7 Å². The Labute approximate surface area is 156 Å². The first-order chi connectivity index (χ1) is 11.5. The maximum Gasteiger partial charge on any atom is 0.223 e. The Kier molecular flexibility index (Phi) is 9.25. The summed E-state index contributed by atoms with van der Waals surface area (Å²) in [4.78, 5) is 12.1. The van der Waals surface area contributed by atoms with E-state index in [-0.39, 0.29) is 30.3 Å². The second kappa shape index (κ2) is 10.6. The summed E-state index contributed by atoms with van der Waals surface area (Å²) in [5.74, 6) is 1.36. The molecule has 1 saturated carbocycles. The average molecular weight is 371 g/mol. The fourth-order valence-electron chi connectivity index (χ4n) is 2.90. The van der Waals surface area contributed by atoms with Crippen LogP contribution in [0.3, 0.4) is 0 Å². The van der Waals surface area contributed by atoms with Crippen LogP contribution in [0.25, 0.3) is 0 Å². The molecule has 6 heteroatoms. The standard InChI is InChI=1S/C19H30N2O3.ClH/c1-13(2)8-10-24-16-5-3-14(4-6-16)7-9-21-19(23)15-11-17(20)18(22)12-15;/h3-6,13,15,17-18,22H,7-12,20H2,1-2H3,(H,21,23);1H/t15-,17+,18+;/m0./s1. The van der Waals surface area contributed by atoms with Gasteiger partial charge in [0.05, 0.1) is 12.7 Å². The lowest BCUT2D eigenvalue weighted by Gasteiger charge is -2.11. The van der Waals surface area contributed by atoms with Crippen molar-refractivity contribution in [2.24, 2.45) is 17.6 Å². The highest BCUT2D eigenvalue weighted by Gasteiger charge is 2.34. The topological polar surface area (TPSA) is 84.6 Å². The molecule has 1 aromatic rings. The molecule has 0 saturated heterocycles. The fraction of sp³-hybridized carbons (Fsp3) is 0.632. The maximum absolute atomic E-state index is 12.1. The van der Waals surface area contributed by atoms with E-state index in [0.29, 0.717) is 25.3 Å². The summed E-state index contributed by atoms with van der Waals surface area (Å²) >= 11 is 0. The third-order valence-corrected chi connectivity index (χ3v) is 4.55. The van der Waals surface area contributed by atoms with Crippen LogP contribution in [0.5, 0.6) is 5.75 Å². The van der Waals surface area contributed by atoms with Crippen molar-refractivity contribution in [1.82, 2.24) is 5.32 Å². The number of nitrogens with two attached hydrogens (primary N) is 1. The molecule has 5 nitrogen and oxygen atoms in total. The molecule has 1 amide bonds. The van der Waals surface area contributed by atoms with Crippen LogP contribution in [0, 0.1) is 11.8 Å². The van der Waals surface area contributed by atoms with E-state index in [0.717, 1.165) is 30.8 Å². The second-order valence-corrected chi connectivity index (χ2v) is 7.12. The Morgan fingerprint density at radius 1 is 1.32 bits per heavy atom. The highest BCUT2D eigenvalue weighted by molar-refractivity contribution is 5.85. The van der Waals surface area contributed by atoms with Gasteiger partial charge in [-0.25, -0.2) is 0 Å². The number of nitrogens with one attached hydrogen (secondary N) is 1. The third-order valence-electron chi connectivity index (χ3n) is 4.55. The lowest BCUT2D eigenvalue weighted by atomic mass is 10.1. The summed E-state index contributed by atoms with van der Waals surface area (Å²) in [7, 11) is 0. The first kappa shape index (κ1) is 21.7. The molecule has 0 spiro atoms. The molecule has 0 aliphatic heterocycles.